The highest BCUT2D eigenvalue weighted by Crippen LogP contribution is 2.10. The van der Waals surface area contributed by atoms with Crippen LogP contribution in [0.15, 0.2) is 12.3 Å². The van der Waals surface area contributed by atoms with Crippen LogP contribution in [-0.4, -0.2) is 54.5 Å². The Kier molecular flexibility index (Phi) is 3.95. The summed E-state index contributed by atoms with van der Waals surface area (Å²) >= 11 is 0. The van der Waals surface area contributed by atoms with E-state index >= 15 is 0 Å². The largest absolute Gasteiger partial charge is 0.397 e. The summed E-state index contributed by atoms with van der Waals surface area (Å²) in [5, 5.41) is 0. The highest BCUT2D eigenvalue weighted by molar-refractivity contribution is 5.93. The zero-order valence-electron chi connectivity index (χ0n) is 10.4. The van der Waals surface area contributed by atoms with Crippen LogP contribution >= 0.6 is 0 Å². The van der Waals surface area contributed by atoms with Gasteiger partial charge in [-0.1, -0.05) is 0 Å². The Balaban J connectivity index is 2.67. The van der Waals surface area contributed by atoms with Gasteiger partial charge in [0.05, 0.1) is 5.69 Å². The van der Waals surface area contributed by atoms with Crippen molar-refractivity contribution in [3.8, 4) is 0 Å². The monoisotopic (exact) mass is 224 g/mol. The van der Waals surface area contributed by atoms with E-state index in [0.717, 1.165) is 6.54 Å². The summed E-state index contributed by atoms with van der Waals surface area (Å²) < 4.78 is 1.75. The summed E-state index contributed by atoms with van der Waals surface area (Å²) in [4.78, 5) is 15.8. The molecule has 0 aliphatic heterocycles. The van der Waals surface area contributed by atoms with Gasteiger partial charge in [0.2, 0.25) is 0 Å². The maximum absolute atomic E-state index is 12.0. The minimum Gasteiger partial charge on any atom is -0.397 e. The number of hydrogen-bond donors (Lipinski definition) is 1. The molecule has 0 aromatic carbocycles. The van der Waals surface area contributed by atoms with Crippen LogP contribution in [-0.2, 0) is 7.05 Å². The molecule has 1 aromatic rings. The van der Waals surface area contributed by atoms with E-state index in [1.54, 1.807) is 28.8 Å². The lowest BCUT2D eigenvalue weighted by Gasteiger charge is -2.19. The van der Waals surface area contributed by atoms with Gasteiger partial charge in [-0.3, -0.25) is 4.79 Å². The fourth-order valence-electron chi connectivity index (χ4n) is 1.45. The summed E-state index contributed by atoms with van der Waals surface area (Å²) in [6, 6.07) is 1.70. The van der Waals surface area contributed by atoms with E-state index in [2.05, 4.69) is 0 Å². The lowest BCUT2D eigenvalue weighted by atomic mass is 10.3. The number of nitrogens with two attached hydrogens (primary N) is 1. The highest BCUT2D eigenvalue weighted by Gasteiger charge is 2.15. The summed E-state index contributed by atoms with van der Waals surface area (Å²) in [5.41, 5.74) is 6.88. The zero-order valence-corrected chi connectivity index (χ0v) is 10.4. The van der Waals surface area contributed by atoms with E-state index in [9.17, 15) is 4.79 Å². The molecule has 0 unspecified atom stereocenters. The van der Waals surface area contributed by atoms with E-state index in [1.165, 1.54) is 0 Å². The van der Waals surface area contributed by atoms with Crippen molar-refractivity contribution in [2.24, 2.45) is 7.05 Å². The van der Waals surface area contributed by atoms with Crippen LogP contribution < -0.4 is 5.73 Å². The summed E-state index contributed by atoms with van der Waals surface area (Å²) in [6.45, 7) is 1.55. The van der Waals surface area contributed by atoms with Gasteiger partial charge >= 0.3 is 0 Å². The Labute approximate surface area is 96.4 Å². The fourth-order valence-corrected chi connectivity index (χ4v) is 1.45. The Morgan fingerprint density at radius 2 is 2.00 bits per heavy atom. The number of carbonyl (C=O) groups is 1. The molecule has 0 atom stereocenters. The minimum absolute atomic E-state index is 0.000972. The molecule has 1 rings (SSSR count). The van der Waals surface area contributed by atoms with Crippen LogP contribution in [0, 0.1) is 0 Å². The Bertz CT molecular complexity index is 370. The fraction of sp³-hybridized carbons (Fsp3) is 0.545. The number of hydrogen-bond acceptors (Lipinski definition) is 3. The van der Waals surface area contributed by atoms with Crippen molar-refractivity contribution in [1.82, 2.24) is 14.4 Å². The summed E-state index contributed by atoms with van der Waals surface area (Å²) in [5.74, 6) is 0.000972. The number of amides is 1. The van der Waals surface area contributed by atoms with Crippen LogP contribution in [0.25, 0.3) is 0 Å². The van der Waals surface area contributed by atoms with Gasteiger partial charge in [-0.15, -0.1) is 0 Å². The van der Waals surface area contributed by atoms with Gasteiger partial charge in [-0.25, -0.2) is 0 Å². The van der Waals surface area contributed by atoms with Gasteiger partial charge in [-0.05, 0) is 20.2 Å². The molecule has 0 aliphatic carbocycles. The molecule has 0 radical (unpaired) electrons. The number of nitrogens with zero attached hydrogens (tertiary/aromatic N) is 3. The predicted octanol–water partition coefficient (Wildman–Crippen LogP) is 0.241. The minimum atomic E-state index is 0.000972. The lowest BCUT2D eigenvalue weighted by Crippen LogP contribution is -2.34. The molecule has 16 heavy (non-hydrogen) atoms. The Morgan fingerprint density at radius 1 is 1.38 bits per heavy atom. The number of likely N-dealkylation sites (N-methyl/N-ethyl adjacent to an activating group) is 2. The van der Waals surface area contributed by atoms with Crippen LogP contribution in [0.2, 0.25) is 0 Å². The first-order chi connectivity index (χ1) is 7.41. The number of anilines is 1. The first-order valence-corrected chi connectivity index (χ1v) is 5.24. The predicted molar refractivity (Wildman–Crippen MR) is 65.3 cm³/mol. The van der Waals surface area contributed by atoms with E-state index in [4.69, 9.17) is 5.73 Å². The first kappa shape index (κ1) is 12.6. The average Bonchev–Trinajstić information content (AvgIpc) is 2.53. The van der Waals surface area contributed by atoms with Crippen LogP contribution in [0.4, 0.5) is 5.69 Å². The second-order valence-corrected chi connectivity index (χ2v) is 4.30. The number of aromatic nitrogens is 1. The van der Waals surface area contributed by atoms with E-state index < -0.39 is 0 Å². The molecule has 1 aromatic heterocycles. The van der Waals surface area contributed by atoms with Crippen molar-refractivity contribution >= 4 is 11.6 Å². The molecule has 5 nitrogen and oxygen atoms in total. The third kappa shape index (κ3) is 3.00. The molecular weight excluding hydrogens is 204 g/mol. The second-order valence-electron chi connectivity index (χ2n) is 4.30. The average molecular weight is 224 g/mol. The van der Waals surface area contributed by atoms with Crippen molar-refractivity contribution in [3.05, 3.63) is 18.0 Å². The molecule has 1 amide bonds. The molecule has 90 valence electrons. The third-order valence-electron chi connectivity index (χ3n) is 2.47. The third-order valence-corrected chi connectivity index (χ3v) is 2.47. The van der Waals surface area contributed by atoms with Gasteiger partial charge in [0.15, 0.2) is 0 Å². The Hall–Kier alpha value is -1.49. The number of carbonyl (C=O) groups excluding carboxylic acids is 1. The number of aryl methyl sites for hydroxylation is 1. The van der Waals surface area contributed by atoms with Crippen molar-refractivity contribution in [2.45, 2.75) is 0 Å². The standard InChI is InChI=1S/C11H20N4O/c1-13(2)5-6-14(3)11(16)10-7-9(12)8-15(10)4/h7-8H,5-6,12H2,1-4H3. The number of rotatable bonds is 4. The smallest absolute Gasteiger partial charge is 0.270 e. The van der Waals surface area contributed by atoms with Crippen LogP contribution in [0.3, 0.4) is 0 Å². The molecule has 0 saturated carbocycles. The molecule has 5 heteroatoms. The number of nitrogen functional groups attached to an aromatic ring is 1. The molecule has 1 heterocycles. The molecule has 0 bridgehead atoms. The topological polar surface area (TPSA) is 54.5 Å². The second kappa shape index (κ2) is 5.03. The summed E-state index contributed by atoms with van der Waals surface area (Å²) in [6.07, 6.45) is 1.74. The van der Waals surface area contributed by atoms with E-state index in [1.807, 2.05) is 26.0 Å². The maximum Gasteiger partial charge on any atom is 0.270 e. The van der Waals surface area contributed by atoms with Crippen LogP contribution in [0.5, 0.6) is 0 Å². The van der Waals surface area contributed by atoms with Crippen molar-refractivity contribution < 1.29 is 4.79 Å². The van der Waals surface area contributed by atoms with Crippen molar-refractivity contribution in [3.63, 3.8) is 0 Å². The van der Waals surface area contributed by atoms with Gasteiger partial charge in [-0.2, -0.15) is 0 Å². The molecule has 0 fully saturated rings. The summed E-state index contributed by atoms with van der Waals surface area (Å²) in [7, 11) is 7.59. The van der Waals surface area contributed by atoms with Gasteiger partial charge in [0.1, 0.15) is 5.69 Å². The molecule has 0 aliphatic rings. The normalized spacial score (nSPS) is 10.8. The molecule has 2 N–H and O–H groups in total. The van der Waals surface area contributed by atoms with Crippen molar-refractivity contribution in [1.29, 1.82) is 0 Å². The van der Waals surface area contributed by atoms with Gasteiger partial charge < -0.3 is 20.1 Å². The SMILES string of the molecule is CN(C)CCN(C)C(=O)c1cc(N)cn1C. The lowest BCUT2D eigenvalue weighted by molar-refractivity contribution is 0.0777. The molecule has 0 saturated heterocycles. The molecule has 0 spiro atoms. The molecular formula is C11H20N4O. The zero-order chi connectivity index (χ0) is 12.3. The highest BCUT2D eigenvalue weighted by atomic mass is 16.2. The Morgan fingerprint density at radius 3 is 2.44 bits per heavy atom. The quantitative estimate of drug-likeness (QED) is 0.797. The van der Waals surface area contributed by atoms with E-state index in [0.29, 0.717) is 17.9 Å². The first-order valence-electron chi connectivity index (χ1n) is 5.24. The van der Waals surface area contributed by atoms with Crippen LogP contribution in [0.1, 0.15) is 10.5 Å². The van der Waals surface area contributed by atoms with Gasteiger partial charge in [0.25, 0.3) is 5.91 Å². The van der Waals surface area contributed by atoms with Crippen molar-refractivity contribution in [2.75, 3.05) is 40.0 Å². The van der Waals surface area contributed by atoms with E-state index in [-0.39, 0.29) is 5.91 Å². The van der Waals surface area contributed by atoms with Gasteiger partial charge in [0, 0.05) is 33.4 Å². The maximum atomic E-state index is 12.0.